The minimum Gasteiger partial charge on any atom is -0.454 e. The average Bonchev–Trinajstić information content (AvgIpc) is 3.27. The van der Waals surface area contributed by atoms with E-state index in [2.05, 4.69) is 24.1 Å². The number of rotatable bonds is 8. The molecule has 0 saturated heterocycles. The summed E-state index contributed by atoms with van der Waals surface area (Å²) in [5, 5.41) is 5.46. The molecule has 1 aliphatic rings. The lowest BCUT2D eigenvalue weighted by Crippen LogP contribution is -2.14. The van der Waals surface area contributed by atoms with Crippen LogP contribution >= 0.6 is 11.3 Å². The Morgan fingerprint density at radius 3 is 2.92 bits per heavy atom. The average molecular weight is 376 g/mol. The molecule has 0 fully saturated rings. The lowest BCUT2D eigenvalue weighted by Gasteiger charge is -2.05. The number of thiazole rings is 1. The summed E-state index contributed by atoms with van der Waals surface area (Å²) in [6, 6.07) is 4.86. The van der Waals surface area contributed by atoms with Gasteiger partial charge in [0, 0.05) is 17.5 Å². The number of benzene rings is 1. The van der Waals surface area contributed by atoms with E-state index in [-0.39, 0.29) is 24.9 Å². The van der Waals surface area contributed by atoms with Crippen LogP contribution in [0.4, 0.5) is 5.13 Å². The van der Waals surface area contributed by atoms with Crippen molar-refractivity contribution in [3.8, 4) is 11.5 Å². The number of carbonyl (C=O) groups excluding carboxylic acids is 2. The lowest BCUT2D eigenvalue weighted by atomic mass is 10.1. The number of anilines is 1. The van der Waals surface area contributed by atoms with Gasteiger partial charge in [-0.25, -0.2) is 9.78 Å². The standard InChI is InChI=1S/C18H20N2O5S/c1-11(2)5-6-19-18-20-13(9-26-18)17(22)23-8-14(21)12-3-4-15-16(7-12)25-10-24-15/h3-4,7,9,11H,5-6,8,10H2,1-2H3,(H,19,20). The van der Waals surface area contributed by atoms with Gasteiger partial charge in [-0.2, -0.15) is 0 Å². The molecule has 2 aromatic rings. The number of ketones is 1. The van der Waals surface area contributed by atoms with Crippen molar-refractivity contribution in [1.82, 2.24) is 4.98 Å². The van der Waals surface area contributed by atoms with Crippen LogP contribution in [-0.4, -0.2) is 36.7 Å². The van der Waals surface area contributed by atoms with Crippen molar-refractivity contribution >= 4 is 28.2 Å². The summed E-state index contributed by atoms with van der Waals surface area (Å²) in [5.41, 5.74) is 0.594. The summed E-state index contributed by atoms with van der Waals surface area (Å²) in [6.45, 7) is 4.86. The first-order valence-electron chi connectivity index (χ1n) is 8.32. The van der Waals surface area contributed by atoms with Crippen molar-refractivity contribution in [2.75, 3.05) is 25.3 Å². The molecule has 0 spiro atoms. The maximum atomic E-state index is 12.2. The zero-order valence-corrected chi connectivity index (χ0v) is 15.4. The molecule has 0 saturated carbocycles. The summed E-state index contributed by atoms with van der Waals surface area (Å²) < 4.78 is 15.5. The van der Waals surface area contributed by atoms with Gasteiger partial charge in [0.15, 0.2) is 34.7 Å². The lowest BCUT2D eigenvalue weighted by molar-refractivity contribution is 0.0470. The molecule has 0 amide bonds. The van der Waals surface area contributed by atoms with E-state index in [9.17, 15) is 9.59 Å². The largest absolute Gasteiger partial charge is 0.454 e. The molecule has 1 aromatic heterocycles. The van der Waals surface area contributed by atoms with E-state index in [0.29, 0.717) is 28.1 Å². The number of esters is 1. The van der Waals surface area contributed by atoms with Crippen LogP contribution in [0.1, 0.15) is 41.1 Å². The van der Waals surface area contributed by atoms with Gasteiger partial charge >= 0.3 is 5.97 Å². The van der Waals surface area contributed by atoms with Gasteiger partial charge in [-0.3, -0.25) is 4.79 Å². The van der Waals surface area contributed by atoms with E-state index in [1.165, 1.54) is 11.3 Å². The van der Waals surface area contributed by atoms with E-state index in [4.69, 9.17) is 14.2 Å². The third-order valence-electron chi connectivity index (χ3n) is 3.74. The van der Waals surface area contributed by atoms with E-state index >= 15 is 0 Å². The van der Waals surface area contributed by atoms with Crippen molar-refractivity contribution in [1.29, 1.82) is 0 Å². The molecule has 26 heavy (non-hydrogen) atoms. The summed E-state index contributed by atoms with van der Waals surface area (Å²) in [5.74, 6) is 0.765. The Kier molecular flexibility index (Phi) is 5.72. The van der Waals surface area contributed by atoms with Crippen molar-refractivity contribution in [3.05, 3.63) is 34.8 Å². The van der Waals surface area contributed by atoms with Gasteiger partial charge in [0.25, 0.3) is 0 Å². The molecule has 138 valence electrons. The van der Waals surface area contributed by atoms with Crippen LogP contribution in [0.25, 0.3) is 0 Å². The number of ether oxygens (including phenoxy) is 3. The number of aromatic nitrogens is 1. The Hall–Kier alpha value is -2.61. The Bertz CT molecular complexity index is 803. The minimum atomic E-state index is -0.618. The van der Waals surface area contributed by atoms with Crippen molar-refractivity contribution in [2.45, 2.75) is 20.3 Å². The van der Waals surface area contributed by atoms with Crippen LogP contribution in [0.15, 0.2) is 23.6 Å². The molecule has 3 rings (SSSR count). The first-order chi connectivity index (χ1) is 12.5. The second-order valence-corrected chi connectivity index (χ2v) is 7.07. The molecule has 0 unspecified atom stereocenters. The zero-order valence-electron chi connectivity index (χ0n) is 14.6. The summed E-state index contributed by atoms with van der Waals surface area (Å²) in [4.78, 5) is 28.4. The normalized spacial score (nSPS) is 12.3. The number of nitrogens with zero attached hydrogens (tertiary/aromatic N) is 1. The molecule has 8 heteroatoms. The second-order valence-electron chi connectivity index (χ2n) is 6.21. The van der Waals surface area contributed by atoms with Gasteiger partial charge in [-0.1, -0.05) is 13.8 Å². The third-order valence-corrected chi connectivity index (χ3v) is 4.54. The number of carbonyl (C=O) groups is 2. The van der Waals surface area contributed by atoms with E-state index in [1.807, 2.05) is 0 Å². The predicted octanol–water partition coefficient (Wildman–Crippen LogP) is 3.37. The maximum Gasteiger partial charge on any atom is 0.358 e. The third kappa shape index (κ3) is 4.51. The van der Waals surface area contributed by atoms with E-state index in [1.54, 1.807) is 23.6 Å². The fourth-order valence-electron chi connectivity index (χ4n) is 2.27. The molecule has 1 N–H and O–H groups in total. The topological polar surface area (TPSA) is 86.8 Å². The molecule has 1 aromatic carbocycles. The highest BCUT2D eigenvalue weighted by molar-refractivity contribution is 7.13. The molecule has 0 aliphatic carbocycles. The highest BCUT2D eigenvalue weighted by atomic mass is 32.1. The fraction of sp³-hybridized carbons (Fsp3) is 0.389. The summed E-state index contributed by atoms with van der Waals surface area (Å²) >= 11 is 1.34. The number of hydrogen-bond acceptors (Lipinski definition) is 8. The monoisotopic (exact) mass is 376 g/mol. The van der Waals surface area contributed by atoms with Crippen molar-refractivity contribution in [3.63, 3.8) is 0 Å². The van der Waals surface area contributed by atoms with Crippen LogP contribution in [0.5, 0.6) is 11.5 Å². The number of Topliss-reactive ketones (excluding diaryl/α,β-unsaturated/α-hetero) is 1. The van der Waals surface area contributed by atoms with Crippen molar-refractivity contribution in [2.24, 2.45) is 5.92 Å². The van der Waals surface area contributed by atoms with Crippen LogP contribution in [-0.2, 0) is 4.74 Å². The molecular weight excluding hydrogens is 356 g/mol. The quantitative estimate of drug-likeness (QED) is 0.558. The number of hydrogen-bond donors (Lipinski definition) is 1. The van der Waals surface area contributed by atoms with Crippen LogP contribution in [0.2, 0.25) is 0 Å². The molecule has 0 bridgehead atoms. The molecule has 2 heterocycles. The molecule has 0 atom stereocenters. The summed E-state index contributed by atoms with van der Waals surface area (Å²) in [7, 11) is 0. The highest BCUT2D eigenvalue weighted by Gasteiger charge is 2.18. The molecule has 1 aliphatic heterocycles. The number of nitrogens with one attached hydrogen (secondary N) is 1. The van der Waals surface area contributed by atoms with E-state index < -0.39 is 5.97 Å². The van der Waals surface area contributed by atoms with Crippen LogP contribution in [0.3, 0.4) is 0 Å². The van der Waals surface area contributed by atoms with Gasteiger partial charge in [-0.05, 0) is 30.5 Å². The maximum absolute atomic E-state index is 12.2. The smallest absolute Gasteiger partial charge is 0.358 e. The molecule has 0 radical (unpaired) electrons. The Morgan fingerprint density at radius 1 is 1.31 bits per heavy atom. The predicted molar refractivity (Wildman–Crippen MR) is 97.2 cm³/mol. The Labute approximate surface area is 155 Å². The fourth-order valence-corrected chi connectivity index (χ4v) is 2.98. The first-order valence-corrected chi connectivity index (χ1v) is 9.20. The molecule has 7 nitrogen and oxygen atoms in total. The minimum absolute atomic E-state index is 0.138. The summed E-state index contributed by atoms with van der Waals surface area (Å²) in [6.07, 6.45) is 1.02. The van der Waals surface area contributed by atoms with Crippen LogP contribution < -0.4 is 14.8 Å². The molecular formula is C18H20N2O5S. The van der Waals surface area contributed by atoms with Crippen molar-refractivity contribution < 1.29 is 23.8 Å². The van der Waals surface area contributed by atoms with E-state index in [0.717, 1.165) is 13.0 Å². The van der Waals surface area contributed by atoms with Gasteiger partial charge in [0.1, 0.15) is 0 Å². The SMILES string of the molecule is CC(C)CCNc1nc(C(=O)OCC(=O)c2ccc3c(c2)OCO3)cs1. The Balaban J connectivity index is 1.50. The number of fused-ring (bicyclic) bond motifs is 1. The van der Waals surface area contributed by atoms with Gasteiger partial charge in [0.2, 0.25) is 6.79 Å². The van der Waals surface area contributed by atoms with Crippen LogP contribution in [0, 0.1) is 5.92 Å². The van der Waals surface area contributed by atoms with Gasteiger partial charge in [0.05, 0.1) is 0 Å². The highest BCUT2D eigenvalue weighted by Crippen LogP contribution is 2.32. The Morgan fingerprint density at radius 2 is 2.12 bits per heavy atom. The zero-order chi connectivity index (χ0) is 18.5. The first kappa shape index (κ1) is 18.2. The van der Waals surface area contributed by atoms with Gasteiger partial charge in [-0.15, -0.1) is 11.3 Å². The second kappa shape index (κ2) is 8.18. The van der Waals surface area contributed by atoms with Gasteiger partial charge < -0.3 is 19.5 Å².